The van der Waals surface area contributed by atoms with E-state index in [2.05, 4.69) is 9.97 Å². The molecule has 1 fully saturated rings. The Labute approximate surface area is 166 Å². The molecule has 0 bridgehead atoms. The van der Waals surface area contributed by atoms with E-state index < -0.39 is 23.3 Å². The van der Waals surface area contributed by atoms with Gasteiger partial charge < -0.3 is 9.88 Å². The van der Waals surface area contributed by atoms with E-state index in [9.17, 15) is 18.4 Å². The van der Waals surface area contributed by atoms with Crippen molar-refractivity contribution < 1.29 is 18.4 Å². The van der Waals surface area contributed by atoms with Crippen molar-refractivity contribution in [3.05, 3.63) is 77.6 Å². The number of aromatic amines is 1. The number of rotatable bonds is 4. The number of H-pyrrole nitrogens is 1. The monoisotopic (exact) mass is 395 g/mol. The molecular weight excluding hydrogens is 376 g/mol. The number of Topliss-reactive ketones (excluding diaryl/α,β-unsaturated/α-hetero) is 1. The highest BCUT2D eigenvalue weighted by molar-refractivity contribution is 5.99. The van der Waals surface area contributed by atoms with Crippen LogP contribution in [0.2, 0.25) is 0 Å². The standard InChI is InChI=1S/C22H19F2N3O2/c23-17-6-7-19(24)18(12-17)20(28)16-5-2-10-27(13-16)22(29)15-4-1-3-14(11-15)21-25-8-9-26-21/h1,3-4,6-9,11-12,16H,2,5,10,13H2,(H,25,26)/t16-/m1/s1. The normalized spacial score (nSPS) is 16.6. The third-order valence-electron chi connectivity index (χ3n) is 5.15. The van der Waals surface area contributed by atoms with Crippen LogP contribution in [0.4, 0.5) is 8.78 Å². The smallest absolute Gasteiger partial charge is 0.253 e. The number of hydrogen-bond acceptors (Lipinski definition) is 3. The topological polar surface area (TPSA) is 66.1 Å². The van der Waals surface area contributed by atoms with Crippen molar-refractivity contribution in [3.63, 3.8) is 0 Å². The first-order chi connectivity index (χ1) is 14.0. The van der Waals surface area contributed by atoms with Gasteiger partial charge in [0.1, 0.15) is 17.5 Å². The summed E-state index contributed by atoms with van der Waals surface area (Å²) in [4.78, 5) is 34.5. The van der Waals surface area contributed by atoms with E-state index in [-0.39, 0.29) is 18.0 Å². The average molecular weight is 395 g/mol. The van der Waals surface area contributed by atoms with E-state index >= 15 is 0 Å². The van der Waals surface area contributed by atoms with Crippen molar-refractivity contribution in [1.82, 2.24) is 14.9 Å². The van der Waals surface area contributed by atoms with Crippen molar-refractivity contribution in [2.75, 3.05) is 13.1 Å². The Bertz CT molecular complexity index is 1050. The van der Waals surface area contributed by atoms with E-state index in [0.29, 0.717) is 30.8 Å². The maximum absolute atomic E-state index is 14.0. The number of aromatic nitrogens is 2. The zero-order valence-electron chi connectivity index (χ0n) is 15.6. The molecule has 0 radical (unpaired) electrons. The third-order valence-corrected chi connectivity index (χ3v) is 5.15. The highest BCUT2D eigenvalue weighted by Crippen LogP contribution is 2.25. The molecule has 1 atom stereocenters. The van der Waals surface area contributed by atoms with Gasteiger partial charge in [0, 0.05) is 42.5 Å². The lowest BCUT2D eigenvalue weighted by atomic mass is 9.89. The predicted octanol–water partition coefficient (Wildman–Crippen LogP) is 4.09. The van der Waals surface area contributed by atoms with E-state index in [0.717, 1.165) is 23.8 Å². The number of hydrogen-bond donors (Lipinski definition) is 1. The Hall–Kier alpha value is -3.35. The fraction of sp³-hybridized carbons (Fsp3) is 0.227. The molecular formula is C22H19F2N3O2. The summed E-state index contributed by atoms with van der Waals surface area (Å²) >= 11 is 0. The predicted molar refractivity (Wildman–Crippen MR) is 103 cm³/mol. The first kappa shape index (κ1) is 19.0. The van der Waals surface area contributed by atoms with Crippen molar-refractivity contribution in [1.29, 1.82) is 0 Å². The van der Waals surface area contributed by atoms with Crippen LogP contribution in [0, 0.1) is 17.6 Å². The van der Waals surface area contributed by atoms with Gasteiger partial charge in [0.2, 0.25) is 0 Å². The largest absolute Gasteiger partial charge is 0.345 e. The number of piperidine rings is 1. The SMILES string of the molecule is O=C(c1cc(F)ccc1F)[C@@H]1CCCN(C(=O)c2cccc(-c3ncc[nH]3)c2)C1. The summed E-state index contributed by atoms with van der Waals surface area (Å²) in [5.74, 6) is -1.97. The number of amides is 1. The molecule has 2 heterocycles. The van der Waals surface area contributed by atoms with E-state index in [1.807, 2.05) is 6.07 Å². The molecule has 0 saturated carbocycles. The number of carbonyl (C=O) groups excluding carboxylic acids is 2. The van der Waals surface area contributed by atoms with Crippen LogP contribution in [0.5, 0.6) is 0 Å². The molecule has 2 aromatic carbocycles. The third kappa shape index (κ3) is 3.94. The van der Waals surface area contributed by atoms with E-state index in [1.54, 1.807) is 35.5 Å². The van der Waals surface area contributed by atoms with E-state index in [4.69, 9.17) is 0 Å². The molecule has 4 rings (SSSR count). The molecule has 3 aromatic rings. The maximum atomic E-state index is 14.0. The Balaban J connectivity index is 1.52. The molecule has 1 amide bonds. The summed E-state index contributed by atoms with van der Waals surface area (Å²) in [5, 5.41) is 0. The van der Waals surface area contributed by atoms with Crippen molar-refractivity contribution in [2.45, 2.75) is 12.8 Å². The Morgan fingerprint density at radius 3 is 2.79 bits per heavy atom. The highest BCUT2D eigenvalue weighted by atomic mass is 19.1. The molecule has 0 aliphatic carbocycles. The second-order valence-corrected chi connectivity index (χ2v) is 7.10. The molecule has 1 N–H and O–H groups in total. The van der Waals surface area contributed by atoms with Gasteiger partial charge >= 0.3 is 0 Å². The van der Waals surface area contributed by atoms with Crippen molar-refractivity contribution >= 4 is 11.7 Å². The molecule has 0 spiro atoms. The fourth-order valence-electron chi connectivity index (χ4n) is 3.69. The van der Waals surface area contributed by atoms with Crippen LogP contribution in [0.1, 0.15) is 33.6 Å². The quantitative estimate of drug-likeness (QED) is 0.677. The molecule has 29 heavy (non-hydrogen) atoms. The first-order valence-electron chi connectivity index (χ1n) is 9.41. The summed E-state index contributed by atoms with van der Waals surface area (Å²) in [6.07, 6.45) is 4.49. The zero-order chi connectivity index (χ0) is 20.4. The molecule has 1 aliphatic rings. The van der Waals surface area contributed by atoms with Crippen LogP contribution >= 0.6 is 0 Å². The molecule has 148 valence electrons. The lowest BCUT2D eigenvalue weighted by Crippen LogP contribution is -2.42. The highest BCUT2D eigenvalue weighted by Gasteiger charge is 2.31. The molecule has 5 nitrogen and oxygen atoms in total. The van der Waals surface area contributed by atoms with Gasteiger partial charge in [0.05, 0.1) is 5.56 Å². The van der Waals surface area contributed by atoms with Gasteiger partial charge in [0.15, 0.2) is 5.78 Å². The summed E-state index contributed by atoms with van der Waals surface area (Å²) in [7, 11) is 0. The van der Waals surface area contributed by atoms with Gasteiger partial charge in [-0.05, 0) is 43.2 Å². The molecule has 1 aromatic heterocycles. The number of ketones is 1. The van der Waals surface area contributed by atoms with Gasteiger partial charge in [-0.3, -0.25) is 9.59 Å². The van der Waals surface area contributed by atoms with Gasteiger partial charge in [-0.1, -0.05) is 12.1 Å². The number of benzene rings is 2. The average Bonchev–Trinajstić information content (AvgIpc) is 3.30. The van der Waals surface area contributed by atoms with Gasteiger partial charge in [-0.15, -0.1) is 0 Å². The van der Waals surface area contributed by atoms with Crippen molar-refractivity contribution in [2.24, 2.45) is 5.92 Å². The van der Waals surface area contributed by atoms with Crippen LogP contribution in [-0.4, -0.2) is 39.6 Å². The Kier molecular flexibility index (Phi) is 5.20. The van der Waals surface area contributed by atoms with Crippen LogP contribution in [0.3, 0.4) is 0 Å². The first-order valence-corrected chi connectivity index (χ1v) is 9.41. The van der Waals surface area contributed by atoms with Gasteiger partial charge in [-0.25, -0.2) is 13.8 Å². The fourth-order valence-corrected chi connectivity index (χ4v) is 3.69. The zero-order valence-corrected chi connectivity index (χ0v) is 15.6. The maximum Gasteiger partial charge on any atom is 0.253 e. The second kappa shape index (κ2) is 7.95. The molecule has 0 unspecified atom stereocenters. The van der Waals surface area contributed by atoms with Crippen LogP contribution < -0.4 is 0 Å². The minimum Gasteiger partial charge on any atom is -0.345 e. The van der Waals surface area contributed by atoms with Crippen molar-refractivity contribution in [3.8, 4) is 11.4 Å². The minimum absolute atomic E-state index is 0.179. The summed E-state index contributed by atoms with van der Waals surface area (Å²) < 4.78 is 27.5. The lowest BCUT2D eigenvalue weighted by molar-refractivity contribution is 0.0635. The molecule has 7 heteroatoms. The van der Waals surface area contributed by atoms with Crippen LogP contribution in [0.25, 0.3) is 11.4 Å². The number of nitrogens with zero attached hydrogens (tertiary/aromatic N) is 2. The Morgan fingerprint density at radius 1 is 1.14 bits per heavy atom. The second-order valence-electron chi connectivity index (χ2n) is 7.10. The molecule has 1 aliphatic heterocycles. The molecule has 1 saturated heterocycles. The number of nitrogens with one attached hydrogen (secondary N) is 1. The number of imidazole rings is 1. The van der Waals surface area contributed by atoms with Gasteiger partial charge in [-0.2, -0.15) is 0 Å². The van der Waals surface area contributed by atoms with E-state index in [1.165, 1.54) is 0 Å². The summed E-state index contributed by atoms with van der Waals surface area (Å²) in [6, 6.07) is 9.95. The number of carbonyl (C=O) groups is 2. The summed E-state index contributed by atoms with van der Waals surface area (Å²) in [5.41, 5.74) is 1.01. The van der Waals surface area contributed by atoms with Crippen LogP contribution in [0.15, 0.2) is 54.9 Å². The van der Waals surface area contributed by atoms with Crippen LogP contribution in [-0.2, 0) is 0 Å². The number of halogens is 2. The number of likely N-dealkylation sites (tertiary alicyclic amines) is 1. The van der Waals surface area contributed by atoms with Gasteiger partial charge in [0.25, 0.3) is 5.91 Å². The minimum atomic E-state index is -0.744. The summed E-state index contributed by atoms with van der Waals surface area (Å²) in [6.45, 7) is 0.692. The Morgan fingerprint density at radius 2 is 2.00 bits per heavy atom. The lowest BCUT2D eigenvalue weighted by Gasteiger charge is -2.32.